The maximum Gasteiger partial charge on any atom is 0.246 e. The van der Waals surface area contributed by atoms with Gasteiger partial charge in [0.1, 0.15) is 42.0 Å². The molecule has 2 heterocycles. The van der Waals surface area contributed by atoms with Gasteiger partial charge in [0.25, 0.3) is 0 Å². The molecule has 3 aliphatic rings. The normalized spacial score (nSPS) is 23.8. The van der Waals surface area contributed by atoms with Crippen LogP contribution in [0, 0.1) is 5.92 Å². The molecule has 10 N–H and O–H groups in total. The van der Waals surface area contributed by atoms with Gasteiger partial charge in [-0.3, -0.25) is 38.4 Å². The lowest BCUT2D eigenvalue weighted by Crippen LogP contribution is -2.61. The van der Waals surface area contributed by atoms with Gasteiger partial charge in [-0.05, 0) is 81.2 Å². The molecule has 1 unspecified atom stereocenters. The predicted octanol–water partition coefficient (Wildman–Crippen LogP) is 3.37. The summed E-state index contributed by atoms with van der Waals surface area (Å²) >= 11 is 3.00. The Hall–Kier alpha value is -5.34. The van der Waals surface area contributed by atoms with Crippen LogP contribution >= 0.6 is 23.5 Å². The van der Waals surface area contributed by atoms with E-state index in [9.17, 15) is 38.4 Å². The maximum atomic E-state index is 14.7. The second kappa shape index (κ2) is 30.1. The minimum atomic E-state index is -1.54. The summed E-state index contributed by atoms with van der Waals surface area (Å²) in [7, 11) is 0. The summed E-state index contributed by atoms with van der Waals surface area (Å²) < 4.78 is 5.14. The Bertz CT molecular complexity index is 2150. The van der Waals surface area contributed by atoms with Crippen molar-refractivity contribution < 1.29 is 43.1 Å². The number of rotatable bonds is 18. The number of hydrogen-bond acceptors (Lipinski definition) is 12. The fourth-order valence-corrected chi connectivity index (χ4v) is 12.6. The first-order valence-electron chi connectivity index (χ1n) is 26.2. The van der Waals surface area contributed by atoms with Crippen LogP contribution in [-0.2, 0) is 51.2 Å². The van der Waals surface area contributed by atoms with E-state index in [4.69, 9.17) is 16.2 Å². The Kier molecular flexibility index (Phi) is 24.2. The van der Waals surface area contributed by atoms with Crippen molar-refractivity contribution in [2.75, 3.05) is 37.1 Å². The Morgan fingerprint density at radius 3 is 2.07 bits per heavy atom. The number of unbranched alkanes of at least 4 members (excludes halogenated alkanes) is 4. The molecule has 1 saturated carbocycles. The van der Waals surface area contributed by atoms with Crippen LogP contribution in [0.15, 0.2) is 54.6 Å². The number of primary amides is 1. The van der Waals surface area contributed by atoms with Crippen molar-refractivity contribution in [2.24, 2.45) is 17.4 Å². The Balaban J connectivity index is 1.48. The average Bonchev–Trinajstić information content (AvgIpc) is 3.86. The number of carbonyl (C=O) groups excluding carboxylic acids is 8. The number of ether oxygens (including phenoxy) is 1. The zero-order valence-corrected chi connectivity index (χ0v) is 44.5. The fraction of sp³-hybridized carbons (Fsp3) is 0.623. The molecule has 6 atom stereocenters. The van der Waals surface area contributed by atoms with E-state index in [1.807, 2.05) is 37.3 Å². The van der Waals surface area contributed by atoms with E-state index < -0.39 is 88.8 Å². The first-order chi connectivity index (χ1) is 35.1. The van der Waals surface area contributed by atoms with E-state index >= 15 is 0 Å². The largest absolute Gasteiger partial charge is 0.494 e. The molecule has 1 aliphatic carbocycles. The summed E-state index contributed by atoms with van der Waals surface area (Å²) in [5, 5.41) is 17.6. The van der Waals surface area contributed by atoms with Crippen LogP contribution in [0.2, 0.25) is 0 Å². The number of carbonyl (C=O) groups is 8. The lowest BCUT2D eigenvalue weighted by atomic mass is 9.85. The quantitative estimate of drug-likeness (QED) is 0.0999. The summed E-state index contributed by atoms with van der Waals surface area (Å²) in [5.41, 5.74) is 12.7. The summed E-state index contributed by atoms with van der Waals surface area (Å²) in [6, 6.07) is 9.22. The number of hydrogen-bond donors (Lipinski definition) is 8. The zero-order chi connectivity index (χ0) is 52.8. The zero-order valence-electron chi connectivity index (χ0n) is 42.9. The Labute approximate surface area is 439 Å². The highest BCUT2D eigenvalue weighted by molar-refractivity contribution is 8.16. The van der Waals surface area contributed by atoms with Crippen LogP contribution in [0.5, 0.6) is 5.75 Å². The van der Waals surface area contributed by atoms with Crippen LogP contribution in [-0.4, -0.2) is 130 Å². The average molecular weight is 1050 g/mol. The van der Waals surface area contributed by atoms with Gasteiger partial charge in [-0.2, -0.15) is 0 Å². The van der Waals surface area contributed by atoms with Crippen molar-refractivity contribution in [3.05, 3.63) is 65.7 Å². The highest BCUT2D eigenvalue weighted by Gasteiger charge is 2.41. The van der Waals surface area contributed by atoms with Crippen LogP contribution < -0.4 is 48.1 Å². The molecule has 18 nitrogen and oxygen atoms in total. The Morgan fingerprint density at radius 2 is 1.40 bits per heavy atom. The van der Waals surface area contributed by atoms with Crippen LogP contribution in [0.1, 0.15) is 122 Å². The third-order valence-electron chi connectivity index (χ3n) is 13.6. The highest BCUT2D eigenvalue weighted by Crippen LogP contribution is 2.44. The van der Waals surface area contributed by atoms with Crippen LogP contribution in [0.3, 0.4) is 0 Å². The third kappa shape index (κ3) is 18.8. The molecule has 8 amide bonds. The van der Waals surface area contributed by atoms with Crippen LogP contribution in [0.4, 0.5) is 0 Å². The molecule has 5 rings (SSSR count). The minimum absolute atomic E-state index is 0.0310. The highest BCUT2D eigenvalue weighted by atomic mass is 32.2. The first kappa shape index (κ1) is 58.5. The molecular weight excluding hydrogens is 971 g/mol. The summed E-state index contributed by atoms with van der Waals surface area (Å²) in [6.07, 6.45) is 9.63. The standard InChI is InChI=1S/C53H79N9O9S2/c1-4-71-38-22-20-37(21-23-38)30-39-47(65)58-40(29-36-17-10-8-11-18-36)49(67)61-46(35(2)3)51(69)59-41(31-44(55)63)48(66)60-42(33-72-34-73-53(32-45(64)57-39)24-12-9-13-25-53)52(70)62-28-16-19-43(62)50(68)56-27-15-7-5-6-14-26-54/h8,10-11,17-18,20-23,35,39-43,46H,4-7,9,12-16,19,24-34,54H2,1-3H3,(H2,55,63)(H,56,68)(H,57,64)(H,58,65)(H,59,69)(H,60,66)(H,61,67)/t39-,40-,41-,42-,43?,46+/m1/s1. The molecule has 73 heavy (non-hydrogen) atoms. The van der Waals surface area contributed by atoms with Crippen molar-refractivity contribution in [3.8, 4) is 5.75 Å². The van der Waals surface area contributed by atoms with Crippen molar-refractivity contribution in [1.29, 1.82) is 0 Å². The SMILES string of the molecule is CCOc1ccc(C[C@H]2NC(=O)CC3(CCCCC3)SCSC[C@H](C(=O)N3CCCC3C(=O)NCCCCCCCN)NC(=O)[C@@H](CC(N)=O)NC(=O)[C@H](C(C)C)NC(=O)[C@@H](Cc3ccccc3)NC2=O)cc1. The lowest BCUT2D eigenvalue weighted by Gasteiger charge is -2.37. The monoisotopic (exact) mass is 1050 g/mol. The molecule has 20 heteroatoms. The second-order valence-corrected chi connectivity index (χ2v) is 22.6. The van der Waals surface area contributed by atoms with E-state index in [1.54, 1.807) is 49.9 Å². The maximum absolute atomic E-state index is 14.7. The van der Waals surface area contributed by atoms with E-state index in [1.165, 1.54) is 16.7 Å². The van der Waals surface area contributed by atoms with Gasteiger partial charge < -0.3 is 53.0 Å². The molecule has 2 aromatic carbocycles. The molecule has 2 aliphatic heterocycles. The van der Waals surface area contributed by atoms with E-state index in [-0.39, 0.29) is 36.8 Å². The number of likely N-dealkylation sites (tertiary alicyclic amines) is 1. The van der Waals surface area contributed by atoms with Gasteiger partial charge >= 0.3 is 0 Å². The summed E-state index contributed by atoms with van der Waals surface area (Å²) in [5.74, 6) is -4.77. The fourth-order valence-electron chi connectivity index (χ4n) is 9.64. The molecule has 0 aromatic heterocycles. The number of nitrogens with zero attached hydrogens (tertiary/aromatic N) is 1. The van der Waals surface area contributed by atoms with Gasteiger partial charge in [-0.25, -0.2) is 0 Å². The number of thioether (sulfide) groups is 2. The molecule has 2 saturated heterocycles. The second-order valence-electron chi connectivity index (χ2n) is 19.8. The number of amides is 8. The molecule has 3 fully saturated rings. The van der Waals surface area contributed by atoms with Gasteiger partial charge in [0, 0.05) is 47.9 Å². The third-order valence-corrected chi connectivity index (χ3v) is 16.5. The minimum Gasteiger partial charge on any atom is -0.494 e. The molecular formula is C53H79N9O9S2. The van der Waals surface area contributed by atoms with Gasteiger partial charge in [-0.15, -0.1) is 23.5 Å². The lowest BCUT2D eigenvalue weighted by molar-refractivity contribution is -0.141. The van der Waals surface area contributed by atoms with E-state index in [0.29, 0.717) is 55.5 Å². The predicted molar refractivity (Wildman–Crippen MR) is 285 cm³/mol. The van der Waals surface area contributed by atoms with E-state index in [0.717, 1.165) is 69.8 Å². The molecule has 2 aromatic rings. The van der Waals surface area contributed by atoms with Gasteiger partial charge in [-0.1, -0.05) is 94.8 Å². The van der Waals surface area contributed by atoms with Crippen molar-refractivity contribution in [3.63, 3.8) is 0 Å². The molecule has 0 radical (unpaired) electrons. The molecule has 0 bridgehead atoms. The topological polar surface area (TPSA) is 273 Å². The van der Waals surface area contributed by atoms with Gasteiger partial charge in [0.05, 0.1) is 13.0 Å². The van der Waals surface area contributed by atoms with Gasteiger partial charge in [0.15, 0.2) is 0 Å². The van der Waals surface area contributed by atoms with Crippen molar-refractivity contribution in [1.82, 2.24) is 36.8 Å². The smallest absolute Gasteiger partial charge is 0.246 e. The molecule has 1 spiro atoms. The van der Waals surface area contributed by atoms with Gasteiger partial charge in [0.2, 0.25) is 47.3 Å². The van der Waals surface area contributed by atoms with Crippen molar-refractivity contribution in [2.45, 2.75) is 165 Å². The summed E-state index contributed by atoms with van der Waals surface area (Å²) in [4.78, 5) is 114. The number of nitrogens with one attached hydrogen (secondary N) is 6. The number of nitrogens with two attached hydrogens (primary N) is 2. The number of benzene rings is 2. The van der Waals surface area contributed by atoms with Crippen molar-refractivity contribution >= 4 is 70.8 Å². The molecule has 402 valence electrons. The van der Waals surface area contributed by atoms with Crippen LogP contribution in [0.25, 0.3) is 0 Å². The Morgan fingerprint density at radius 1 is 0.767 bits per heavy atom. The first-order valence-corrected chi connectivity index (χ1v) is 28.3. The van der Waals surface area contributed by atoms with E-state index in [2.05, 4.69) is 31.9 Å². The summed E-state index contributed by atoms with van der Waals surface area (Å²) in [6.45, 7) is 7.14.